The van der Waals surface area contributed by atoms with E-state index in [-0.39, 0.29) is 31.3 Å². The van der Waals surface area contributed by atoms with E-state index in [0.29, 0.717) is 11.3 Å². The highest BCUT2D eigenvalue weighted by Gasteiger charge is 2.10. The van der Waals surface area contributed by atoms with Crippen molar-refractivity contribution in [1.82, 2.24) is 5.32 Å². The third kappa shape index (κ3) is 5.10. The molecule has 1 N–H and O–H groups in total. The predicted octanol–water partition coefficient (Wildman–Crippen LogP) is 2.06. The summed E-state index contributed by atoms with van der Waals surface area (Å²) in [4.78, 5) is 22.8. The van der Waals surface area contributed by atoms with Crippen LogP contribution in [0.5, 0.6) is 5.75 Å². The van der Waals surface area contributed by atoms with E-state index in [1.54, 1.807) is 18.2 Å². The number of nitriles is 1. The summed E-state index contributed by atoms with van der Waals surface area (Å²) in [5.41, 5.74) is 0.424. The predicted molar refractivity (Wildman–Crippen MR) is 72.9 cm³/mol. The molecule has 0 radical (unpaired) electrons. The van der Waals surface area contributed by atoms with Gasteiger partial charge in [0.05, 0.1) is 18.1 Å². The second kappa shape index (κ2) is 7.54. The van der Waals surface area contributed by atoms with Crippen molar-refractivity contribution in [2.45, 2.75) is 13.3 Å². The van der Waals surface area contributed by atoms with Gasteiger partial charge in [0, 0.05) is 11.0 Å². The average Bonchev–Trinajstić information content (AvgIpc) is 2.36. The molecule has 100 valence electrons. The van der Waals surface area contributed by atoms with Crippen molar-refractivity contribution in [3.63, 3.8) is 0 Å². The maximum atomic E-state index is 11.4. The molecule has 0 aromatic heterocycles. The van der Waals surface area contributed by atoms with Gasteiger partial charge in [-0.3, -0.25) is 9.59 Å². The fourth-order valence-electron chi connectivity index (χ4n) is 1.36. The van der Waals surface area contributed by atoms with Crippen LogP contribution in [0.1, 0.15) is 23.7 Å². The van der Waals surface area contributed by atoms with Crippen molar-refractivity contribution in [2.75, 3.05) is 13.2 Å². The van der Waals surface area contributed by atoms with Gasteiger partial charge >= 0.3 is 0 Å². The minimum absolute atomic E-state index is 0.132. The molecule has 0 aliphatic heterocycles. The number of carbonyl (C=O) groups is 2. The Morgan fingerprint density at radius 2 is 2.21 bits per heavy atom. The highest BCUT2D eigenvalue weighted by molar-refractivity contribution is 9.10. The maximum Gasteiger partial charge on any atom is 0.257 e. The Kier molecular flexibility index (Phi) is 6.03. The Hall–Kier alpha value is -1.87. The summed E-state index contributed by atoms with van der Waals surface area (Å²) in [5.74, 6) is -0.102. The normalized spacial score (nSPS) is 9.53. The van der Waals surface area contributed by atoms with Gasteiger partial charge in [0.25, 0.3) is 5.91 Å². The number of amides is 1. The first-order valence-electron chi connectivity index (χ1n) is 5.61. The summed E-state index contributed by atoms with van der Waals surface area (Å²) in [5, 5.41) is 10.9. The van der Waals surface area contributed by atoms with Gasteiger partial charge in [-0.1, -0.05) is 15.9 Å². The van der Waals surface area contributed by atoms with E-state index in [1.165, 1.54) is 6.92 Å². The number of benzene rings is 1. The monoisotopic (exact) mass is 324 g/mol. The zero-order chi connectivity index (χ0) is 14.3. The van der Waals surface area contributed by atoms with Gasteiger partial charge in [-0.25, -0.2) is 0 Å². The fourth-order valence-corrected chi connectivity index (χ4v) is 1.70. The molecule has 1 rings (SSSR count). The standard InChI is InChI=1S/C13H13BrN2O3/c1-9(17)11-4-3-10(14)7-12(11)19-8-13(18)16-6-2-5-15/h3-4,7H,2,6,8H2,1H3,(H,16,18). The molecule has 0 aliphatic carbocycles. The number of carbonyl (C=O) groups excluding carboxylic acids is 2. The third-order valence-corrected chi connectivity index (χ3v) is 2.73. The van der Waals surface area contributed by atoms with E-state index < -0.39 is 0 Å². The Labute approximate surface area is 119 Å². The zero-order valence-electron chi connectivity index (χ0n) is 10.4. The first-order chi connectivity index (χ1) is 9.04. The van der Waals surface area contributed by atoms with Crippen LogP contribution in [-0.2, 0) is 4.79 Å². The summed E-state index contributed by atoms with van der Waals surface area (Å²) in [6.07, 6.45) is 0.251. The Morgan fingerprint density at radius 1 is 1.47 bits per heavy atom. The number of ether oxygens (including phenoxy) is 1. The van der Waals surface area contributed by atoms with Crippen molar-refractivity contribution in [3.8, 4) is 11.8 Å². The lowest BCUT2D eigenvalue weighted by atomic mass is 10.1. The van der Waals surface area contributed by atoms with Gasteiger partial charge in [-0.2, -0.15) is 5.26 Å². The number of halogens is 1. The van der Waals surface area contributed by atoms with Crippen molar-refractivity contribution in [1.29, 1.82) is 5.26 Å². The highest BCUT2D eigenvalue weighted by atomic mass is 79.9. The van der Waals surface area contributed by atoms with Crippen LogP contribution in [0.25, 0.3) is 0 Å². The second-order valence-corrected chi connectivity index (χ2v) is 4.66. The lowest BCUT2D eigenvalue weighted by Crippen LogP contribution is -2.29. The second-order valence-electron chi connectivity index (χ2n) is 3.74. The average molecular weight is 325 g/mol. The molecular weight excluding hydrogens is 312 g/mol. The molecule has 5 nitrogen and oxygen atoms in total. The molecule has 1 amide bonds. The van der Waals surface area contributed by atoms with Gasteiger partial charge in [0.15, 0.2) is 12.4 Å². The van der Waals surface area contributed by atoms with E-state index in [1.807, 2.05) is 6.07 Å². The number of nitrogens with zero attached hydrogens (tertiary/aromatic N) is 1. The van der Waals surface area contributed by atoms with Crippen LogP contribution in [0, 0.1) is 11.3 Å². The molecule has 0 fully saturated rings. The smallest absolute Gasteiger partial charge is 0.257 e. The molecule has 0 unspecified atom stereocenters. The van der Waals surface area contributed by atoms with E-state index in [0.717, 1.165) is 4.47 Å². The zero-order valence-corrected chi connectivity index (χ0v) is 12.0. The first-order valence-corrected chi connectivity index (χ1v) is 6.41. The number of rotatable bonds is 6. The van der Waals surface area contributed by atoms with Gasteiger partial charge in [-0.05, 0) is 25.1 Å². The molecule has 1 aromatic carbocycles. The Bertz CT molecular complexity index is 523. The van der Waals surface area contributed by atoms with Crippen LogP contribution in [-0.4, -0.2) is 24.8 Å². The summed E-state index contributed by atoms with van der Waals surface area (Å²) >= 11 is 3.28. The van der Waals surface area contributed by atoms with Crippen molar-refractivity contribution in [2.24, 2.45) is 0 Å². The molecule has 0 bridgehead atoms. The summed E-state index contributed by atoms with van der Waals surface area (Å²) in [7, 11) is 0. The molecule has 6 heteroatoms. The third-order valence-electron chi connectivity index (χ3n) is 2.24. The number of ketones is 1. The van der Waals surface area contributed by atoms with Crippen LogP contribution in [0.2, 0.25) is 0 Å². The molecule has 0 atom stereocenters. The molecule has 0 heterocycles. The van der Waals surface area contributed by atoms with Gasteiger partial charge < -0.3 is 10.1 Å². The summed E-state index contributed by atoms with van der Waals surface area (Å²) in [6.45, 7) is 1.53. The summed E-state index contributed by atoms with van der Waals surface area (Å²) in [6, 6.07) is 6.93. The minimum Gasteiger partial charge on any atom is -0.483 e. The summed E-state index contributed by atoms with van der Waals surface area (Å²) < 4.78 is 6.09. The highest BCUT2D eigenvalue weighted by Crippen LogP contribution is 2.24. The lowest BCUT2D eigenvalue weighted by Gasteiger charge is -2.10. The molecular formula is C13H13BrN2O3. The maximum absolute atomic E-state index is 11.4. The van der Waals surface area contributed by atoms with E-state index in [4.69, 9.17) is 10.00 Å². The SMILES string of the molecule is CC(=O)c1ccc(Br)cc1OCC(=O)NCCC#N. The molecule has 19 heavy (non-hydrogen) atoms. The van der Waals surface area contributed by atoms with Crippen LogP contribution >= 0.6 is 15.9 Å². The van der Waals surface area contributed by atoms with Gasteiger partial charge in [-0.15, -0.1) is 0 Å². The van der Waals surface area contributed by atoms with Crippen molar-refractivity contribution >= 4 is 27.6 Å². The van der Waals surface area contributed by atoms with Crippen LogP contribution in [0.15, 0.2) is 22.7 Å². The minimum atomic E-state index is -0.329. The molecule has 0 spiro atoms. The van der Waals surface area contributed by atoms with E-state index >= 15 is 0 Å². The first kappa shape index (κ1) is 15.2. The van der Waals surface area contributed by atoms with Crippen LogP contribution in [0.4, 0.5) is 0 Å². The fraction of sp³-hybridized carbons (Fsp3) is 0.308. The quantitative estimate of drug-likeness (QED) is 0.641. The Morgan fingerprint density at radius 3 is 2.84 bits per heavy atom. The molecule has 0 saturated carbocycles. The number of hydrogen-bond acceptors (Lipinski definition) is 4. The molecule has 0 saturated heterocycles. The number of nitrogens with one attached hydrogen (secondary N) is 1. The molecule has 0 aliphatic rings. The van der Waals surface area contributed by atoms with Crippen LogP contribution in [0.3, 0.4) is 0 Å². The number of hydrogen-bond donors (Lipinski definition) is 1. The van der Waals surface area contributed by atoms with E-state index in [9.17, 15) is 9.59 Å². The largest absolute Gasteiger partial charge is 0.483 e. The number of Topliss-reactive ketones (excluding diaryl/α,β-unsaturated/α-hetero) is 1. The Balaban J connectivity index is 2.62. The van der Waals surface area contributed by atoms with Crippen molar-refractivity contribution < 1.29 is 14.3 Å². The van der Waals surface area contributed by atoms with E-state index in [2.05, 4.69) is 21.2 Å². The lowest BCUT2D eigenvalue weighted by molar-refractivity contribution is -0.123. The topological polar surface area (TPSA) is 79.2 Å². The van der Waals surface area contributed by atoms with Crippen LogP contribution < -0.4 is 10.1 Å². The molecule has 1 aromatic rings. The van der Waals surface area contributed by atoms with Crippen molar-refractivity contribution in [3.05, 3.63) is 28.2 Å². The van der Waals surface area contributed by atoms with Gasteiger partial charge in [0.2, 0.25) is 0 Å². The van der Waals surface area contributed by atoms with Gasteiger partial charge in [0.1, 0.15) is 5.75 Å².